The lowest BCUT2D eigenvalue weighted by molar-refractivity contribution is -0.138. The molecule has 2 aliphatic heterocycles. The molecule has 1 N–H and O–H groups in total. The highest BCUT2D eigenvalue weighted by Crippen LogP contribution is 2.44. The smallest absolute Gasteiger partial charge is 0.338 e. The highest BCUT2D eigenvalue weighted by Gasteiger charge is 2.41. The summed E-state index contributed by atoms with van der Waals surface area (Å²) in [6.07, 6.45) is 3.25. The first-order valence-electron chi connectivity index (χ1n) is 10.6. The number of nitrogens with one attached hydrogen (secondary N) is 1. The molecule has 33 heavy (non-hydrogen) atoms. The molecule has 0 saturated carbocycles. The van der Waals surface area contributed by atoms with E-state index in [1.807, 2.05) is 54.5 Å². The summed E-state index contributed by atoms with van der Waals surface area (Å²) in [5.74, 6) is 0.0894. The number of aliphatic imine (C=N–C) groups is 1. The minimum absolute atomic E-state index is 0.110. The molecule has 1 atom stereocenters. The summed E-state index contributed by atoms with van der Waals surface area (Å²) in [6.45, 7) is 7.86. The summed E-state index contributed by atoms with van der Waals surface area (Å²) >= 11 is 1.44. The number of allylic oxidation sites excluding steroid dienone is 1. The number of amidine groups is 1. The van der Waals surface area contributed by atoms with Crippen LogP contribution in [-0.4, -0.2) is 28.6 Å². The van der Waals surface area contributed by atoms with Crippen LogP contribution in [0.15, 0.2) is 87.1 Å². The minimum atomic E-state index is -0.450. The van der Waals surface area contributed by atoms with Gasteiger partial charge in [-0.2, -0.15) is 0 Å². The number of benzene rings is 1. The summed E-state index contributed by atoms with van der Waals surface area (Å²) < 4.78 is 10.7. The Labute approximate surface area is 196 Å². The summed E-state index contributed by atoms with van der Waals surface area (Å²) in [5.41, 5.74) is 3.82. The van der Waals surface area contributed by atoms with Gasteiger partial charge in [-0.25, -0.2) is 9.79 Å². The quantitative estimate of drug-likeness (QED) is 0.455. The van der Waals surface area contributed by atoms with Crippen molar-refractivity contribution in [3.63, 3.8) is 0 Å². The van der Waals surface area contributed by atoms with Crippen LogP contribution in [0, 0.1) is 6.92 Å². The molecule has 0 radical (unpaired) electrons. The maximum absolute atomic E-state index is 13.0. The number of furan rings is 1. The van der Waals surface area contributed by atoms with E-state index in [2.05, 4.69) is 16.9 Å². The zero-order valence-corrected chi connectivity index (χ0v) is 19.4. The highest BCUT2D eigenvalue weighted by molar-refractivity contribution is 8.16. The lowest BCUT2D eigenvalue weighted by Gasteiger charge is -2.36. The lowest BCUT2D eigenvalue weighted by Crippen LogP contribution is -2.38. The number of thioether (sulfide) groups is 1. The van der Waals surface area contributed by atoms with Crippen molar-refractivity contribution in [2.75, 3.05) is 6.61 Å². The number of carbonyl (C=O) groups is 2. The first-order chi connectivity index (χ1) is 16.0. The first-order valence-corrected chi connectivity index (χ1v) is 11.4. The maximum Gasteiger partial charge on any atom is 0.338 e. The van der Waals surface area contributed by atoms with Crippen LogP contribution in [-0.2, 0) is 20.9 Å². The fraction of sp³-hybridized carbons (Fsp3) is 0.240. The van der Waals surface area contributed by atoms with Gasteiger partial charge in [0.1, 0.15) is 12.4 Å². The van der Waals surface area contributed by atoms with Crippen LogP contribution in [0.3, 0.4) is 0 Å². The summed E-state index contributed by atoms with van der Waals surface area (Å²) in [7, 11) is 0. The number of ether oxygens (including phenoxy) is 1. The number of rotatable bonds is 8. The molecule has 4 rings (SSSR count). The van der Waals surface area contributed by atoms with Crippen LogP contribution in [0.2, 0.25) is 0 Å². The van der Waals surface area contributed by atoms with Gasteiger partial charge in [0.05, 0.1) is 36.5 Å². The first kappa shape index (κ1) is 22.7. The number of amides is 1. The van der Waals surface area contributed by atoms with Crippen molar-refractivity contribution in [1.29, 1.82) is 0 Å². The summed E-state index contributed by atoms with van der Waals surface area (Å²) in [5, 5.41) is 5.52. The van der Waals surface area contributed by atoms with Gasteiger partial charge in [0.15, 0.2) is 5.17 Å². The van der Waals surface area contributed by atoms with Gasteiger partial charge in [0.2, 0.25) is 5.91 Å². The molecule has 2 aliphatic rings. The van der Waals surface area contributed by atoms with Gasteiger partial charge in [-0.15, -0.1) is 0 Å². The third kappa shape index (κ3) is 4.96. The Morgan fingerprint density at radius 3 is 2.88 bits per heavy atom. The molecule has 170 valence electrons. The van der Waals surface area contributed by atoms with Crippen molar-refractivity contribution >= 4 is 28.8 Å². The average Bonchev–Trinajstić information content (AvgIpc) is 3.45. The monoisotopic (exact) mass is 463 g/mol. The molecular weight excluding hydrogens is 438 g/mol. The maximum atomic E-state index is 13.0. The standard InChI is InChI=1S/C25H25N3O4S/c1-4-10-32-24(30)22-17(3)27-25-28(23(22)18-8-5-7-16(2)12-18)19(15-33-25)13-21(29)26-14-20-9-6-11-31-20/h4-9,11-12,15,23H,1,10,13-14H2,2-3H3,(H,26,29)/t23-/m0/s1. The summed E-state index contributed by atoms with van der Waals surface area (Å²) in [4.78, 5) is 32.4. The van der Waals surface area contributed by atoms with Crippen LogP contribution in [0.1, 0.15) is 36.3 Å². The Morgan fingerprint density at radius 1 is 1.30 bits per heavy atom. The van der Waals surface area contributed by atoms with Crippen LogP contribution in [0.4, 0.5) is 0 Å². The third-order valence-electron chi connectivity index (χ3n) is 5.29. The molecule has 0 spiro atoms. The predicted octanol–water partition coefficient (Wildman–Crippen LogP) is 4.60. The number of hydrogen-bond acceptors (Lipinski definition) is 7. The second-order valence-corrected chi connectivity index (χ2v) is 8.56. The Bertz CT molecular complexity index is 1160. The fourth-order valence-corrected chi connectivity index (χ4v) is 4.79. The molecule has 0 bridgehead atoms. The van der Waals surface area contributed by atoms with Gasteiger partial charge >= 0.3 is 5.97 Å². The predicted molar refractivity (Wildman–Crippen MR) is 128 cm³/mol. The normalized spacial score (nSPS) is 17.3. The number of hydrogen-bond donors (Lipinski definition) is 1. The van der Waals surface area contributed by atoms with Gasteiger partial charge in [-0.3, -0.25) is 4.79 Å². The Kier molecular flexibility index (Phi) is 6.84. The van der Waals surface area contributed by atoms with Crippen molar-refractivity contribution in [3.8, 4) is 0 Å². The number of fused-ring (bicyclic) bond motifs is 1. The average molecular weight is 464 g/mol. The third-order valence-corrected chi connectivity index (χ3v) is 6.18. The number of esters is 1. The summed E-state index contributed by atoms with van der Waals surface area (Å²) in [6, 6.07) is 11.1. The molecule has 7 nitrogen and oxygen atoms in total. The van der Waals surface area contributed by atoms with Crippen LogP contribution < -0.4 is 5.32 Å². The van der Waals surface area contributed by atoms with Gasteiger partial charge in [0.25, 0.3) is 0 Å². The molecule has 0 unspecified atom stereocenters. The topological polar surface area (TPSA) is 84.1 Å². The van der Waals surface area contributed by atoms with Crippen molar-refractivity contribution in [2.45, 2.75) is 32.9 Å². The van der Waals surface area contributed by atoms with E-state index in [1.165, 1.54) is 17.8 Å². The molecular formula is C25H25N3O4S. The lowest BCUT2D eigenvalue weighted by atomic mass is 9.93. The van der Waals surface area contributed by atoms with E-state index in [-0.39, 0.29) is 18.9 Å². The van der Waals surface area contributed by atoms with E-state index in [4.69, 9.17) is 9.15 Å². The number of aryl methyl sites for hydroxylation is 1. The van der Waals surface area contributed by atoms with Crippen molar-refractivity contribution in [3.05, 3.63) is 94.6 Å². The van der Waals surface area contributed by atoms with Gasteiger partial charge in [0, 0.05) is 5.70 Å². The van der Waals surface area contributed by atoms with E-state index in [0.29, 0.717) is 23.6 Å². The Hall–Kier alpha value is -3.52. The minimum Gasteiger partial charge on any atom is -0.467 e. The largest absolute Gasteiger partial charge is 0.467 e. The molecule has 1 amide bonds. The van der Waals surface area contributed by atoms with E-state index in [1.54, 1.807) is 12.3 Å². The highest BCUT2D eigenvalue weighted by atomic mass is 32.2. The second kappa shape index (κ2) is 9.95. The number of carbonyl (C=O) groups excluding carboxylic acids is 2. The van der Waals surface area contributed by atoms with E-state index in [9.17, 15) is 9.59 Å². The van der Waals surface area contributed by atoms with E-state index < -0.39 is 12.0 Å². The van der Waals surface area contributed by atoms with E-state index >= 15 is 0 Å². The molecule has 1 aromatic heterocycles. The molecule has 0 fully saturated rings. The van der Waals surface area contributed by atoms with Gasteiger partial charge < -0.3 is 19.4 Å². The Balaban J connectivity index is 1.63. The zero-order valence-electron chi connectivity index (χ0n) is 18.5. The molecule has 2 aromatic rings. The van der Waals surface area contributed by atoms with Crippen molar-refractivity contribution in [1.82, 2.24) is 10.2 Å². The molecule has 3 heterocycles. The van der Waals surface area contributed by atoms with Gasteiger partial charge in [-0.1, -0.05) is 54.2 Å². The molecule has 1 aromatic carbocycles. The van der Waals surface area contributed by atoms with Crippen LogP contribution >= 0.6 is 11.8 Å². The van der Waals surface area contributed by atoms with Gasteiger partial charge in [-0.05, 0) is 37.0 Å². The van der Waals surface area contributed by atoms with Crippen molar-refractivity contribution < 1.29 is 18.7 Å². The Morgan fingerprint density at radius 2 is 2.15 bits per heavy atom. The molecule has 0 aliphatic carbocycles. The van der Waals surface area contributed by atoms with Crippen LogP contribution in [0.5, 0.6) is 0 Å². The second-order valence-electron chi connectivity index (χ2n) is 7.73. The van der Waals surface area contributed by atoms with E-state index in [0.717, 1.165) is 22.0 Å². The number of nitrogens with zero attached hydrogens (tertiary/aromatic N) is 2. The fourth-order valence-electron chi connectivity index (χ4n) is 3.82. The van der Waals surface area contributed by atoms with Crippen molar-refractivity contribution in [2.24, 2.45) is 4.99 Å². The molecule has 0 saturated heterocycles. The SMILES string of the molecule is C=CCOC(=O)C1=C(C)N=C2SC=C(CC(=O)NCc3ccco3)N2[C@H]1c1cccc(C)c1. The van der Waals surface area contributed by atoms with Crippen LogP contribution in [0.25, 0.3) is 0 Å². The molecule has 8 heteroatoms. The zero-order chi connectivity index (χ0) is 23.4.